The van der Waals surface area contributed by atoms with E-state index in [4.69, 9.17) is 4.99 Å². The van der Waals surface area contributed by atoms with Gasteiger partial charge in [-0.15, -0.1) is 0 Å². The molecule has 5 heteroatoms. The van der Waals surface area contributed by atoms with E-state index in [9.17, 15) is 0 Å². The van der Waals surface area contributed by atoms with Crippen LogP contribution in [0.25, 0.3) is 0 Å². The zero-order valence-electron chi connectivity index (χ0n) is 14.8. The first-order chi connectivity index (χ1) is 11.1. The lowest BCUT2D eigenvalue weighted by atomic mass is 10.2. The van der Waals surface area contributed by atoms with Crippen LogP contribution in [-0.4, -0.2) is 44.1 Å². The molecule has 1 aromatic rings. The van der Waals surface area contributed by atoms with Crippen molar-refractivity contribution in [3.8, 4) is 0 Å². The van der Waals surface area contributed by atoms with Crippen LogP contribution < -0.4 is 15.5 Å². The van der Waals surface area contributed by atoms with Gasteiger partial charge in [0.05, 0.1) is 6.54 Å². The number of hydrogen-bond acceptors (Lipinski definition) is 3. The Balaban J connectivity index is 1.97. The van der Waals surface area contributed by atoms with Gasteiger partial charge in [0.1, 0.15) is 0 Å². The average molecular weight is 335 g/mol. The predicted molar refractivity (Wildman–Crippen MR) is 104 cm³/mol. The van der Waals surface area contributed by atoms with Gasteiger partial charge in [0.15, 0.2) is 5.96 Å². The lowest BCUT2D eigenvalue weighted by Gasteiger charge is -2.17. The number of guanidine groups is 1. The lowest BCUT2D eigenvalue weighted by Crippen LogP contribution is -2.42. The molecular weight excluding hydrogens is 304 g/mol. The molecule has 1 aliphatic rings. The molecule has 0 bridgehead atoms. The molecule has 4 nitrogen and oxygen atoms in total. The summed E-state index contributed by atoms with van der Waals surface area (Å²) in [6, 6.07) is 9.11. The molecule has 0 amide bonds. The van der Waals surface area contributed by atoms with Crippen LogP contribution >= 0.6 is 11.8 Å². The molecule has 1 fully saturated rings. The van der Waals surface area contributed by atoms with E-state index in [1.165, 1.54) is 30.5 Å². The van der Waals surface area contributed by atoms with Gasteiger partial charge in [-0.05, 0) is 50.1 Å². The lowest BCUT2D eigenvalue weighted by molar-refractivity contribution is 0.615. The van der Waals surface area contributed by atoms with Gasteiger partial charge in [-0.25, -0.2) is 4.99 Å². The highest BCUT2D eigenvalue weighted by molar-refractivity contribution is 7.99. The zero-order valence-corrected chi connectivity index (χ0v) is 15.6. The van der Waals surface area contributed by atoms with Gasteiger partial charge in [0.2, 0.25) is 0 Å². The smallest absolute Gasteiger partial charge is 0.191 e. The van der Waals surface area contributed by atoms with E-state index in [-0.39, 0.29) is 0 Å². The van der Waals surface area contributed by atoms with Crippen LogP contribution in [0.15, 0.2) is 29.3 Å². The Morgan fingerprint density at radius 2 is 2.17 bits per heavy atom. The van der Waals surface area contributed by atoms with E-state index < -0.39 is 0 Å². The first kappa shape index (κ1) is 18.0. The van der Waals surface area contributed by atoms with Crippen LogP contribution in [-0.2, 0) is 6.54 Å². The summed E-state index contributed by atoms with van der Waals surface area (Å²) in [5.41, 5.74) is 2.45. The van der Waals surface area contributed by atoms with Crippen LogP contribution in [0.3, 0.4) is 0 Å². The first-order valence-electron chi connectivity index (χ1n) is 8.46. The van der Waals surface area contributed by atoms with Crippen LogP contribution in [0.4, 0.5) is 5.69 Å². The molecule has 0 saturated heterocycles. The SMILES string of the molecule is CCNC(=NCc1cccc(N(C)C)c1)NC1CCC(SC)C1. The molecule has 0 aromatic heterocycles. The highest BCUT2D eigenvalue weighted by atomic mass is 32.2. The van der Waals surface area contributed by atoms with E-state index in [0.29, 0.717) is 12.6 Å². The summed E-state index contributed by atoms with van der Waals surface area (Å²) < 4.78 is 0. The fourth-order valence-electron chi connectivity index (χ4n) is 2.90. The highest BCUT2D eigenvalue weighted by Gasteiger charge is 2.24. The topological polar surface area (TPSA) is 39.7 Å². The van der Waals surface area contributed by atoms with Gasteiger partial charge in [-0.3, -0.25) is 0 Å². The van der Waals surface area contributed by atoms with E-state index in [1.54, 1.807) is 0 Å². The summed E-state index contributed by atoms with van der Waals surface area (Å²) >= 11 is 1.99. The zero-order chi connectivity index (χ0) is 16.7. The predicted octanol–water partition coefficient (Wildman–Crippen LogP) is 3.09. The Labute approximate surface area is 145 Å². The number of thioether (sulfide) groups is 1. The minimum atomic E-state index is 0.554. The Hall–Kier alpha value is -1.36. The summed E-state index contributed by atoms with van der Waals surface area (Å²) in [6.45, 7) is 3.71. The number of nitrogens with zero attached hydrogens (tertiary/aromatic N) is 2. The molecule has 2 atom stereocenters. The van der Waals surface area contributed by atoms with Crippen molar-refractivity contribution in [3.05, 3.63) is 29.8 Å². The molecule has 2 rings (SSSR count). The molecule has 1 saturated carbocycles. The number of anilines is 1. The van der Waals surface area contributed by atoms with Gasteiger partial charge >= 0.3 is 0 Å². The maximum absolute atomic E-state index is 4.77. The van der Waals surface area contributed by atoms with E-state index in [2.05, 4.69) is 67.1 Å². The molecule has 128 valence electrons. The summed E-state index contributed by atoms with van der Waals surface area (Å²) in [7, 11) is 4.13. The Kier molecular flexibility index (Phi) is 7.09. The minimum absolute atomic E-state index is 0.554. The Morgan fingerprint density at radius 1 is 1.35 bits per heavy atom. The van der Waals surface area contributed by atoms with Crippen molar-refractivity contribution in [2.75, 3.05) is 31.8 Å². The summed E-state index contributed by atoms with van der Waals surface area (Å²) in [4.78, 5) is 6.89. The molecular formula is C18H30N4S. The van der Waals surface area contributed by atoms with Crippen molar-refractivity contribution in [1.29, 1.82) is 0 Å². The van der Waals surface area contributed by atoms with Gasteiger partial charge < -0.3 is 15.5 Å². The number of nitrogens with one attached hydrogen (secondary N) is 2. The monoisotopic (exact) mass is 334 g/mol. The third-order valence-electron chi connectivity index (χ3n) is 4.25. The van der Waals surface area contributed by atoms with Crippen molar-refractivity contribution in [1.82, 2.24) is 10.6 Å². The largest absolute Gasteiger partial charge is 0.378 e. The second-order valence-corrected chi connectivity index (χ2v) is 7.41. The second-order valence-electron chi connectivity index (χ2n) is 6.27. The van der Waals surface area contributed by atoms with Crippen LogP contribution in [0.2, 0.25) is 0 Å². The van der Waals surface area contributed by atoms with Gasteiger partial charge in [0, 0.05) is 37.6 Å². The maximum atomic E-state index is 4.77. The van der Waals surface area contributed by atoms with Gasteiger partial charge in [-0.2, -0.15) is 11.8 Å². The molecule has 23 heavy (non-hydrogen) atoms. The second kappa shape index (κ2) is 9.06. The molecule has 1 aliphatic carbocycles. The van der Waals surface area contributed by atoms with Gasteiger partial charge in [0.25, 0.3) is 0 Å². The molecule has 1 aromatic carbocycles. The van der Waals surface area contributed by atoms with Crippen molar-refractivity contribution < 1.29 is 0 Å². The summed E-state index contributed by atoms with van der Waals surface area (Å²) in [6.07, 6.45) is 6.00. The quantitative estimate of drug-likeness (QED) is 0.619. The Bertz CT molecular complexity index is 515. The van der Waals surface area contributed by atoms with Crippen LogP contribution in [0.5, 0.6) is 0 Å². The van der Waals surface area contributed by atoms with Crippen molar-refractivity contribution in [2.24, 2.45) is 4.99 Å². The Morgan fingerprint density at radius 3 is 2.83 bits per heavy atom. The van der Waals surface area contributed by atoms with E-state index >= 15 is 0 Å². The molecule has 0 heterocycles. The maximum Gasteiger partial charge on any atom is 0.191 e. The summed E-state index contributed by atoms with van der Waals surface area (Å²) in [5.74, 6) is 0.939. The first-order valence-corrected chi connectivity index (χ1v) is 9.75. The van der Waals surface area contributed by atoms with Gasteiger partial charge in [-0.1, -0.05) is 12.1 Å². The number of hydrogen-bond donors (Lipinski definition) is 2. The third kappa shape index (κ3) is 5.65. The van der Waals surface area contributed by atoms with E-state index in [0.717, 1.165) is 17.8 Å². The molecule has 0 spiro atoms. The van der Waals surface area contributed by atoms with Crippen LogP contribution in [0, 0.1) is 0 Å². The molecule has 2 N–H and O–H groups in total. The minimum Gasteiger partial charge on any atom is -0.378 e. The number of benzene rings is 1. The number of aliphatic imine (C=N–C) groups is 1. The van der Waals surface area contributed by atoms with E-state index in [1.807, 2.05) is 11.8 Å². The van der Waals surface area contributed by atoms with Crippen molar-refractivity contribution in [3.63, 3.8) is 0 Å². The van der Waals surface area contributed by atoms with Crippen molar-refractivity contribution >= 4 is 23.4 Å². The number of rotatable bonds is 6. The summed E-state index contributed by atoms with van der Waals surface area (Å²) in [5, 5.41) is 7.77. The fourth-order valence-corrected chi connectivity index (χ4v) is 3.70. The van der Waals surface area contributed by atoms with Crippen LogP contribution in [0.1, 0.15) is 31.7 Å². The third-order valence-corrected chi connectivity index (χ3v) is 5.34. The molecule has 0 radical (unpaired) electrons. The molecule has 0 aliphatic heterocycles. The standard InChI is InChI=1S/C18H30N4S/c1-5-19-18(21-15-9-10-17(12-15)23-4)20-13-14-7-6-8-16(11-14)22(2)3/h6-8,11,15,17H,5,9-10,12-13H2,1-4H3,(H2,19,20,21). The van der Waals surface area contributed by atoms with Crippen molar-refractivity contribution in [2.45, 2.75) is 44.0 Å². The average Bonchev–Trinajstić information content (AvgIpc) is 3.01. The highest BCUT2D eigenvalue weighted by Crippen LogP contribution is 2.28. The fraction of sp³-hybridized carbons (Fsp3) is 0.611. The normalized spacial score (nSPS) is 21.3. The molecule has 2 unspecified atom stereocenters.